The molecular formula is C16H18N2O3. The van der Waals surface area contributed by atoms with Crippen molar-refractivity contribution >= 4 is 22.6 Å². The van der Waals surface area contributed by atoms with Gasteiger partial charge in [0.1, 0.15) is 12.6 Å². The number of hydrogen-bond acceptors (Lipinski definition) is 3. The van der Waals surface area contributed by atoms with E-state index in [0.717, 1.165) is 16.3 Å². The number of ether oxygens (including phenoxy) is 1. The first-order valence-corrected chi connectivity index (χ1v) is 6.65. The molecule has 0 aliphatic carbocycles. The molecule has 2 rings (SSSR count). The largest absolute Gasteiger partial charge is 0.375 e. The molecule has 1 atom stereocenters. The average Bonchev–Trinajstić information content (AvgIpc) is 2.46. The van der Waals surface area contributed by atoms with E-state index < -0.39 is 11.9 Å². The monoisotopic (exact) mass is 286 g/mol. The number of benzene rings is 2. The molecule has 0 spiro atoms. The highest BCUT2D eigenvalue weighted by Crippen LogP contribution is 2.16. The Kier molecular flexibility index (Phi) is 4.90. The summed E-state index contributed by atoms with van der Waals surface area (Å²) in [5, 5.41) is 4.79. The van der Waals surface area contributed by atoms with Gasteiger partial charge in [-0.15, -0.1) is 0 Å². The fraction of sp³-hybridized carbons (Fsp3) is 0.250. The first kappa shape index (κ1) is 15.0. The molecule has 0 aliphatic heterocycles. The summed E-state index contributed by atoms with van der Waals surface area (Å²) in [5.74, 6) is -0.922. The van der Waals surface area contributed by atoms with Crippen LogP contribution in [0.5, 0.6) is 0 Å². The molecule has 110 valence electrons. The highest BCUT2D eigenvalue weighted by molar-refractivity contribution is 5.88. The summed E-state index contributed by atoms with van der Waals surface area (Å²) < 4.78 is 4.73. The molecular weight excluding hydrogens is 268 g/mol. The van der Waals surface area contributed by atoms with Crippen molar-refractivity contribution in [1.29, 1.82) is 0 Å². The number of primary amides is 1. The van der Waals surface area contributed by atoms with E-state index in [1.54, 1.807) is 0 Å². The van der Waals surface area contributed by atoms with Crippen molar-refractivity contribution in [2.75, 3.05) is 13.7 Å². The summed E-state index contributed by atoms with van der Waals surface area (Å²) in [6.45, 7) is -0.0957. The zero-order valence-electron chi connectivity index (χ0n) is 11.8. The summed E-state index contributed by atoms with van der Waals surface area (Å²) in [6, 6.07) is 13.1. The molecule has 0 aliphatic rings. The molecule has 5 nitrogen and oxygen atoms in total. The third-order valence-electron chi connectivity index (χ3n) is 3.21. The van der Waals surface area contributed by atoms with E-state index in [-0.39, 0.29) is 12.5 Å². The number of fused-ring (bicyclic) bond motifs is 1. The number of nitrogens with two attached hydrogens (primary N) is 1. The lowest BCUT2D eigenvalue weighted by atomic mass is 10.0. The maximum atomic E-state index is 11.5. The Morgan fingerprint density at radius 1 is 1.19 bits per heavy atom. The molecule has 21 heavy (non-hydrogen) atoms. The predicted molar refractivity (Wildman–Crippen MR) is 80.7 cm³/mol. The summed E-state index contributed by atoms with van der Waals surface area (Å²) in [7, 11) is 1.42. The molecule has 0 unspecified atom stereocenters. The molecule has 2 aromatic rings. The minimum Gasteiger partial charge on any atom is -0.375 e. The number of carbonyl (C=O) groups is 2. The van der Waals surface area contributed by atoms with E-state index in [2.05, 4.69) is 5.32 Å². The summed E-state index contributed by atoms with van der Waals surface area (Å²) in [6.07, 6.45) is 0.357. The van der Waals surface area contributed by atoms with Gasteiger partial charge in [-0.2, -0.15) is 0 Å². The fourth-order valence-corrected chi connectivity index (χ4v) is 2.19. The molecule has 0 bridgehead atoms. The van der Waals surface area contributed by atoms with E-state index >= 15 is 0 Å². The first-order valence-electron chi connectivity index (χ1n) is 6.65. The molecule has 0 saturated heterocycles. The van der Waals surface area contributed by atoms with Gasteiger partial charge in [0.2, 0.25) is 11.8 Å². The van der Waals surface area contributed by atoms with Crippen LogP contribution in [0.4, 0.5) is 0 Å². The lowest BCUT2D eigenvalue weighted by molar-refractivity contribution is -0.129. The number of methoxy groups -OCH3 is 1. The molecule has 0 heterocycles. The lowest BCUT2D eigenvalue weighted by Crippen LogP contribution is -2.46. The third kappa shape index (κ3) is 4.03. The molecule has 2 aromatic carbocycles. The van der Waals surface area contributed by atoms with E-state index in [9.17, 15) is 9.59 Å². The molecule has 0 radical (unpaired) electrons. The van der Waals surface area contributed by atoms with Crippen LogP contribution < -0.4 is 11.1 Å². The second kappa shape index (κ2) is 6.85. The fourth-order valence-electron chi connectivity index (χ4n) is 2.19. The van der Waals surface area contributed by atoms with Crippen LogP contribution in [0, 0.1) is 0 Å². The van der Waals surface area contributed by atoms with Gasteiger partial charge in [-0.05, 0) is 16.3 Å². The van der Waals surface area contributed by atoms with E-state index in [1.807, 2.05) is 42.5 Å². The zero-order valence-corrected chi connectivity index (χ0v) is 11.8. The smallest absolute Gasteiger partial charge is 0.246 e. The maximum Gasteiger partial charge on any atom is 0.246 e. The van der Waals surface area contributed by atoms with Crippen LogP contribution >= 0.6 is 0 Å². The average molecular weight is 286 g/mol. The van der Waals surface area contributed by atoms with Crippen molar-refractivity contribution < 1.29 is 14.3 Å². The quantitative estimate of drug-likeness (QED) is 0.831. The Morgan fingerprint density at radius 3 is 2.57 bits per heavy atom. The minimum absolute atomic E-state index is 0.0957. The first-order chi connectivity index (χ1) is 10.1. The van der Waals surface area contributed by atoms with E-state index in [0.29, 0.717) is 6.42 Å². The van der Waals surface area contributed by atoms with Crippen LogP contribution in [0.2, 0.25) is 0 Å². The van der Waals surface area contributed by atoms with E-state index in [4.69, 9.17) is 10.5 Å². The van der Waals surface area contributed by atoms with Crippen LogP contribution in [0.3, 0.4) is 0 Å². The number of hydrogen-bond donors (Lipinski definition) is 2. The van der Waals surface area contributed by atoms with Crippen molar-refractivity contribution in [3.63, 3.8) is 0 Å². The van der Waals surface area contributed by atoms with Crippen molar-refractivity contribution in [2.45, 2.75) is 12.5 Å². The molecule has 5 heteroatoms. The molecule has 0 aromatic heterocycles. The Labute approximate surface area is 123 Å². The summed E-state index contributed by atoms with van der Waals surface area (Å²) >= 11 is 0. The van der Waals surface area contributed by atoms with Crippen LogP contribution in [0.25, 0.3) is 10.8 Å². The van der Waals surface area contributed by atoms with Crippen LogP contribution in [-0.4, -0.2) is 31.6 Å². The van der Waals surface area contributed by atoms with Crippen molar-refractivity contribution in [2.24, 2.45) is 5.73 Å². The Bertz CT molecular complexity index is 655. The Balaban J connectivity index is 2.14. The van der Waals surface area contributed by atoms with Crippen LogP contribution in [0.1, 0.15) is 5.56 Å². The number of amides is 2. The van der Waals surface area contributed by atoms with Crippen LogP contribution in [0.15, 0.2) is 42.5 Å². The number of nitrogens with one attached hydrogen (secondary N) is 1. The maximum absolute atomic E-state index is 11.5. The van der Waals surface area contributed by atoms with Gasteiger partial charge in [-0.25, -0.2) is 0 Å². The zero-order chi connectivity index (χ0) is 15.2. The second-order valence-electron chi connectivity index (χ2n) is 4.84. The predicted octanol–water partition coefficient (Wildman–Crippen LogP) is 0.999. The number of rotatable bonds is 6. The molecule has 0 fully saturated rings. The van der Waals surface area contributed by atoms with Gasteiger partial charge >= 0.3 is 0 Å². The van der Waals surface area contributed by atoms with Crippen LogP contribution in [-0.2, 0) is 20.7 Å². The Morgan fingerprint density at radius 2 is 1.90 bits per heavy atom. The normalized spacial score (nSPS) is 12.0. The van der Waals surface area contributed by atoms with Gasteiger partial charge in [0.15, 0.2) is 0 Å². The summed E-state index contributed by atoms with van der Waals surface area (Å²) in [5.41, 5.74) is 6.29. The Hall–Kier alpha value is -2.40. The van der Waals surface area contributed by atoms with Gasteiger partial charge in [0.05, 0.1) is 0 Å². The highest BCUT2D eigenvalue weighted by atomic mass is 16.5. The van der Waals surface area contributed by atoms with E-state index in [1.165, 1.54) is 7.11 Å². The second-order valence-corrected chi connectivity index (χ2v) is 4.84. The molecule has 3 N–H and O–H groups in total. The van der Waals surface area contributed by atoms with Crippen molar-refractivity contribution in [3.8, 4) is 0 Å². The topological polar surface area (TPSA) is 81.4 Å². The molecule has 2 amide bonds. The molecule has 0 saturated carbocycles. The van der Waals surface area contributed by atoms with Gasteiger partial charge in [-0.1, -0.05) is 42.5 Å². The minimum atomic E-state index is -0.742. The van der Waals surface area contributed by atoms with Crippen molar-refractivity contribution in [3.05, 3.63) is 48.0 Å². The van der Waals surface area contributed by atoms with Crippen molar-refractivity contribution in [1.82, 2.24) is 5.32 Å². The summed E-state index contributed by atoms with van der Waals surface area (Å²) in [4.78, 5) is 23.0. The van der Waals surface area contributed by atoms with Gasteiger partial charge < -0.3 is 15.8 Å². The lowest BCUT2D eigenvalue weighted by Gasteiger charge is -2.15. The standard InChI is InChI=1S/C16H18N2O3/c1-21-10-15(19)18-14(16(17)20)9-11-6-7-12-4-2-3-5-13(12)8-11/h2-8,14H,9-10H2,1H3,(H2,17,20)(H,18,19)/t14-/m0/s1. The SMILES string of the molecule is COCC(=O)N[C@@H](Cc1ccc2ccccc2c1)C(N)=O. The van der Waals surface area contributed by atoms with Gasteiger partial charge in [-0.3, -0.25) is 9.59 Å². The van der Waals surface area contributed by atoms with Gasteiger partial charge in [0, 0.05) is 13.5 Å². The number of carbonyl (C=O) groups excluding carboxylic acids is 2. The third-order valence-corrected chi connectivity index (χ3v) is 3.21. The highest BCUT2D eigenvalue weighted by Gasteiger charge is 2.18. The van der Waals surface area contributed by atoms with Gasteiger partial charge in [0.25, 0.3) is 0 Å².